The average Bonchev–Trinajstić information content (AvgIpc) is 2.52. The van der Waals surface area contributed by atoms with E-state index in [2.05, 4.69) is 0 Å². The van der Waals surface area contributed by atoms with Crippen LogP contribution in [0.4, 0.5) is 0 Å². The van der Waals surface area contributed by atoms with E-state index in [1.54, 1.807) is 48.5 Å². The average molecular weight is 351 g/mol. The van der Waals surface area contributed by atoms with E-state index in [1.165, 1.54) is 0 Å². The zero-order chi connectivity index (χ0) is 14.5. The molecule has 3 aromatic carbocycles. The summed E-state index contributed by atoms with van der Waals surface area (Å²) in [6.45, 7) is 0. The Bertz CT molecular complexity index is 482. The molecule has 0 aromatic heterocycles. The molecular weight excluding hydrogens is 328 g/mol. The van der Waals surface area contributed by atoms with Crippen molar-refractivity contribution in [1.29, 1.82) is 0 Å². The molecule has 0 amide bonds. The molecule has 0 bridgehead atoms. The monoisotopic (exact) mass is 350 g/mol. The van der Waals surface area contributed by atoms with Crippen LogP contribution < -0.4 is 0 Å². The van der Waals surface area contributed by atoms with E-state index in [4.69, 9.17) is 10.2 Å². The number of benzene rings is 3. The van der Waals surface area contributed by atoms with Crippen LogP contribution in [0.1, 0.15) is 0 Å². The third-order valence-electron chi connectivity index (χ3n) is 2.18. The Morgan fingerprint density at radius 3 is 0.682 bits per heavy atom. The van der Waals surface area contributed by atoms with Crippen LogP contribution in [0.3, 0.4) is 0 Å². The zero-order valence-corrected chi connectivity index (χ0v) is 11.1. The largest absolute Gasteiger partial charge is 0.0623 e. The molecule has 3 rings (SSSR count). The van der Waals surface area contributed by atoms with Crippen LogP contribution in [0.15, 0.2) is 97.1 Å². The summed E-state index contributed by atoms with van der Waals surface area (Å²) in [6, 6.07) is 29.4. The second kappa shape index (κ2) is 17.1. The van der Waals surface area contributed by atoms with Crippen LogP contribution in [0.5, 0.6) is 11.5 Å². The summed E-state index contributed by atoms with van der Waals surface area (Å²) in [4.78, 5) is 0. The molecule has 0 unspecified atom stereocenters. The predicted octanol–water partition coefficient (Wildman–Crippen LogP) is 2.64. The van der Waals surface area contributed by atoms with Crippen molar-refractivity contribution >= 4 is 75.5 Å². The molecule has 3 aromatic rings. The van der Waals surface area contributed by atoms with E-state index in [0.29, 0.717) is 11.5 Å². The van der Waals surface area contributed by atoms with Gasteiger partial charge in [0.1, 0.15) is 11.5 Å². The molecule has 0 heterocycles. The molecule has 0 saturated heterocycles. The molecule has 22 heavy (non-hydrogen) atoms. The van der Waals surface area contributed by atoms with Crippen molar-refractivity contribution in [2.75, 3.05) is 0 Å². The zero-order valence-electron chi connectivity index (χ0n) is 11.1. The van der Waals surface area contributed by atoms with Gasteiger partial charge >= 0.3 is 75.5 Å². The minimum Gasteiger partial charge on any atom is -0.0623 e. The maximum atomic E-state index is 8.63. The van der Waals surface area contributed by atoms with Crippen molar-refractivity contribution in [3.05, 3.63) is 97.1 Å². The summed E-state index contributed by atoms with van der Waals surface area (Å²) in [5, 5.41) is 17.3. The first-order valence-corrected chi connectivity index (χ1v) is 6.27. The van der Waals surface area contributed by atoms with Gasteiger partial charge in [0.15, 0.2) is 0 Å². The number of aromatic hydroxyl groups is 2. The molecule has 0 atom stereocenters. The molecule has 2 nitrogen and oxygen atoms in total. The van der Waals surface area contributed by atoms with Crippen LogP contribution in [-0.4, -0.2) is 85.7 Å². The smallest absolute Gasteiger partial charge is 0.0623 e. The minimum absolute atomic E-state index is 0. The van der Waals surface area contributed by atoms with E-state index in [0.717, 1.165) is 0 Å². The summed E-state index contributed by atoms with van der Waals surface area (Å²) in [6.07, 6.45) is 0. The van der Waals surface area contributed by atoms with Crippen LogP contribution in [0.2, 0.25) is 0 Å². The summed E-state index contributed by atoms with van der Waals surface area (Å²) >= 11 is 0. The first-order valence-electron chi connectivity index (χ1n) is 6.27. The number of rotatable bonds is 0. The van der Waals surface area contributed by atoms with E-state index in [9.17, 15) is 0 Å². The number of hydrogen-bond acceptors (Lipinski definition) is 2. The first-order chi connectivity index (χ1) is 9.79. The van der Waals surface area contributed by atoms with Crippen molar-refractivity contribution < 1.29 is 10.2 Å². The van der Waals surface area contributed by atoms with Gasteiger partial charge in [0, 0.05) is 0 Å². The fourth-order valence-electron chi connectivity index (χ4n) is 1.24. The van der Waals surface area contributed by atoms with Gasteiger partial charge in [-0.25, -0.2) is 0 Å². The van der Waals surface area contributed by atoms with E-state index >= 15 is 0 Å². The SMILES string of the molecule is Oc1ccccc1.Oc1ccccc1.[CaH2].[CaH2].c1ccccc1. The van der Waals surface area contributed by atoms with Crippen LogP contribution >= 0.6 is 0 Å². The Balaban J connectivity index is 0. The number of phenols is 2. The Hall–Kier alpha value is -0.221. The maximum Gasteiger partial charge on any atom is -0.0623 e. The van der Waals surface area contributed by atoms with Gasteiger partial charge in [-0.15, -0.1) is 0 Å². The summed E-state index contributed by atoms with van der Waals surface area (Å²) in [5.41, 5.74) is 0. The van der Waals surface area contributed by atoms with E-state index in [1.807, 2.05) is 48.5 Å². The maximum absolute atomic E-state index is 8.63. The molecule has 4 heteroatoms. The Morgan fingerprint density at radius 2 is 0.545 bits per heavy atom. The molecular formula is C18H22Ca2O2. The molecule has 0 aliphatic heterocycles. The Kier molecular flexibility index (Phi) is 18.7. The quantitative estimate of drug-likeness (QED) is 0.612. The Labute approximate surface area is 191 Å². The van der Waals surface area contributed by atoms with Crippen molar-refractivity contribution in [2.45, 2.75) is 0 Å². The number of para-hydroxylation sites is 2. The second-order valence-corrected chi connectivity index (χ2v) is 3.83. The molecule has 110 valence electrons. The molecule has 2 N–H and O–H groups in total. The second-order valence-electron chi connectivity index (χ2n) is 3.83. The minimum atomic E-state index is 0. The van der Waals surface area contributed by atoms with Crippen molar-refractivity contribution in [3.8, 4) is 11.5 Å². The standard InChI is InChI=1S/2C6H6O.C6H6.2Ca.4H/c2*7-6-4-2-1-3-5-6;1-2-4-6-5-3-1;;;;;;/h2*1-5,7H;1-6H;;;;;;. The summed E-state index contributed by atoms with van der Waals surface area (Å²) in [7, 11) is 0. The number of hydrogen-bond donors (Lipinski definition) is 2. The summed E-state index contributed by atoms with van der Waals surface area (Å²) in [5.74, 6) is 0.644. The predicted molar refractivity (Wildman–Crippen MR) is 99.7 cm³/mol. The van der Waals surface area contributed by atoms with Crippen LogP contribution in [-0.2, 0) is 0 Å². The fraction of sp³-hybridized carbons (Fsp3) is 0. The first kappa shape index (κ1) is 24.0. The molecule has 0 aliphatic carbocycles. The molecule has 0 radical (unpaired) electrons. The van der Waals surface area contributed by atoms with Gasteiger partial charge in [-0.3, -0.25) is 0 Å². The number of phenolic OH excluding ortho intramolecular Hbond substituents is 2. The van der Waals surface area contributed by atoms with Gasteiger partial charge in [0.2, 0.25) is 0 Å². The molecule has 0 aliphatic rings. The fourth-order valence-corrected chi connectivity index (χ4v) is 1.24. The Morgan fingerprint density at radius 1 is 0.364 bits per heavy atom. The van der Waals surface area contributed by atoms with Gasteiger partial charge < -0.3 is 10.2 Å². The third-order valence-corrected chi connectivity index (χ3v) is 2.18. The molecule has 0 fully saturated rings. The van der Waals surface area contributed by atoms with Gasteiger partial charge in [-0.05, 0) is 24.3 Å². The van der Waals surface area contributed by atoms with Gasteiger partial charge in [-0.1, -0.05) is 72.8 Å². The van der Waals surface area contributed by atoms with Crippen LogP contribution in [0.25, 0.3) is 0 Å². The van der Waals surface area contributed by atoms with E-state index in [-0.39, 0.29) is 75.5 Å². The van der Waals surface area contributed by atoms with Crippen molar-refractivity contribution in [3.63, 3.8) is 0 Å². The van der Waals surface area contributed by atoms with Gasteiger partial charge in [0.25, 0.3) is 0 Å². The van der Waals surface area contributed by atoms with E-state index < -0.39 is 0 Å². The summed E-state index contributed by atoms with van der Waals surface area (Å²) < 4.78 is 0. The van der Waals surface area contributed by atoms with Crippen molar-refractivity contribution in [2.24, 2.45) is 0 Å². The normalized spacial score (nSPS) is 7.64. The van der Waals surface area contributed by atoms with Crippen molar-refractivity contribution in [1.82, 2.24) is 0 Å². The third kappa shape index (κ3) is 14.7. The topological polar surface area (TPSA) is 40.5 Å². The van der Waals surface area contributed by atoms with Crippen LogP contribution in [0, 0.1) is 0 Å². The van der Waals surface area contributed by atoms with Gasteiger partial charge in [-0.2, -0.15) is 0 Å². The van der Waals surface area contributed by atoms with Gasteiger partial charge in [0.05, 0.1) is 0 Å². The molecule has 0 spiro atoms. The molecule has 0 saturated carbocycles.